The number of methoxy groups -OCH3 is 1. The van der Waals surface area contributed by atoms with Gasteiger partial charge in [0.2, 0.25) is 0 Å². The van der Waals surface area contributed by atoms with Crippen LogP contribution in [0.1, 0.15) is 5.69 Å². The summed E-state index contributed by atoms with van der Waals surface area (Å²) in [6, 6.07) is 4.45. The van der Waals surface area contributed by atoms with Gasteiger partial charge in [0.1, 0.15) is 11.6 Å². The molecule has 0 amide bonds. The first-order valence-corrected chi connectivity index (χ1v) is 5.72. The van der Waals surface area contributed by atoms with Gasteiger partial charge in [0, 0.05) is 30.8 Å². The van der Waals surface area contributed by atoms with Crippen molar-refractivity contribution in [1.82, 2.24) is 9.78 Å². The van der Waals surface area contributed by atoms with Gasteiger partial charge in [-0.3, -0.25) is 4.68 Å². The quantitative estimate of drug-likeness (QED) is 0.898. The van der Waals surface area contributed by atoms with Crippen LogP contribution < -0.4 is 10.5 Å². The molecule has 2 N–H and O–H groups in total. The van der Waals surface area contributed by atoms with Crippen LogP contribution >= 0.6 is 0 Å². The molecule has 1 heterocycles. The monoisotopic (exact) mass is 249 g/mol. The van der Waals surface area contributed by atoms with E-state index in [0.29, 0.717) is 24.3 Å². The number of rotatable bonds is 4. The maximum Gasteiger partial charge on any atom is 0.127 e. The van der Waals surface area contributed by atoms with Gasteiger partial charge in [-0.1, -0.05) is 0 Å². The lowest BCUT2D eigenvalue weighted by molar-refractivity contribution is 0.415. The van der Waals surface area contributed by atoms with Crippen LogP contribution in [-0.2, 0) is 13.5 Å². The normalized spacial score (nSPS) is 10.7. The molecule has 0 unspecified atom stereocenters. The summed E-state index contributed by atoms with van der Waals surface area (Å²) >= 11 is 0. The zero-order valence-corrected chi connectivity index (χ0v) is 10.5. The standard InChI is InChI=1S/C13H16FN3O/c1-17-8-11(12(16-17)5-6-15)10-7-9(14)3-4-13(10)18-2/h3-4,7-8H,5-6,15H2,1-2H3. The van der Waals surface area contributed by atoms with Crippen LogP contribution in [0.15, 0.2) is 24.4 Å². The number of aryl methyl sites for hydroxylation is 1. The first-order valence-electron chi connectivity index (χ1n) is 5.72. The second kappa shape index (κ2) is 5.18. The fraction of sp³-hybridized carbons (Fsp3) is 0.308. The van der Waals surface area contributed by atoms with E-state index < -0.39 is 0 Å². The fourth-order valence-corrected chi connectivity index (χ4v) is 1.97. The molecule has 0 atom stereocenters. The number of nitrogens with zero attached hydrogens (tertiary/aromatic N) is 2. The summed E-state index contributed by atoms with van der Waals surface area (Å²) in [7, 11) is 3.39. The molecule has 0 radical (unpaired) electrons. The molecule has 0 fully saturated rings. The predicted octanol–water partition coefficient (Wildman–Crippen LogP) is 1.74. The van der Waals surface area contributed by atoms with Crippen LogP contribution in [0.3, 0.4) is 0 Å². The van der Waals surface area contributed by atoms with Crippen molar-refractivity contribution in [3.63, 3.8) is 0 Å². The van der Waals surface area contributed by atoms with Gasteiger partial charge in [0.25, 0.3) is 0 Å². The van der Waals surface area contributed by atoms with Gasteiger partial charge in [-0.05, 0) is 24.7 Å². The second-order valence-corrected chi connectivity index (χ2v) is 4.05. The van der Waals surface area contributed by atoms with E-state index in [-0.39, 0.29) is 5.82 Å². The molecule has 0 saturated heterocycles. The van der Waals surface area contributed by atoms with Gasteiger partial charge in [0.05, 0.1) is 12.8 Å². The summed E-state index contributed by atoms with van der Waals surface area (Å²) in [6.45, 7) is 0.502. The Morgan fingerprint density at radius 1 is 1.39 bits per heavy atom. The Bertz CT molecular complexity index is 551. The molecule has 0 aliphatic heterocycles. The van der Waals surface area contributed by atoms with Crippen molar-refractivity contribution < 1.29 is 9.13 Å². The second-order valence-electron chi connectivity index (χ2n) is 4.05. The molecule has 4 nitrogen and oxygen atoms in total. The van der Waals surface area contributed by atoms with Crippen molar-refractivity contribution in [2.45, 2.75) is 6.42 Å². The Morgan fingerprint density at radius 3 is 2.83 bits per heavy atom. The minimum atomic E-state index is -0.298. The molecule has 0 aliphatic rings. The van der Waals surface area contributed by atoms with Crippen molar-refractivity contribution in [3.05, 3.63) is 35.9 Å². The van der Waals surface area contributed by atoms with Gasteiger partial charge in [0.15, 0.2) is 0 Å². The van der Waals surface area contributed by atoms with E-state index in [2.05, 4.69) is 5.10 Å². The third-order valence-corrected chi connectivity index (χ3v) is 2.74. The van der Waals surface area contributed by atoms with Gasteiger partial charge in [-0.2, -0.15) is 5.10 Å². The molecular formula is C13H16FN3O. The Morgan fingerprint density at radius 2 is 2.17 bits per heavy atom. The van der Waals surface area contributed by atoms with Crippen LogP contribution in [0.2, 0.25) is 0 Å². The maximum absolute atomic E-state index is 13.4. The summed E-state index contributed by atoms with van der Waals surface area (Å²) in [6.07, 6.45) is 2.50. The Labute approximate surface area is 105 Å². The van der Waals surface area contributed by atoms with E-state index in [1.165, 1.54) is 12.1 Å². The van der Waals surface area contributed by atoms with Crippen molar-refractivity contribution in [2.75, 3.05) is 13.7 Å². The molecule has 96 valence electrons. The largest absolute Gasteiger partial charge is 0.496 e. The highest BCUT2D eigenvalue weighted by atomic mass is 19.1. The number of halogens is 1. The van der Waals surface area contributed by atoms with Crippen molar-refractivity contribution >= 4 is 0 Å². The molecule has 0 bridgehead atoms. The van der Waals surface area contributed by atoms with E-state index in [9.17, 15) is 4.39 Å². The Balaban J connectivity index is 2.56. The highest BCUT2D eigenvalue weighted by Crippen LogP contribution is 2.32. The van der Waals surface area contributed by atoms with Gasteiger partial charge >= 0.3 is 0 Å². The number of ether oxygens (including phenoxy) is 1. The smallest absolute Gasteiger partial charge is 0.127 e. The topological polar surface area (TPSA) is 53.1 Å². The average Bonchev–Trinajstić information content (AvgIpc) is 2.71. The molecule has 5 heteroatoms. The lowest BCUT2D eigenvalue weighted by Gasteiger charge is -2.08. The number of benzene rings is 1. The van der Waals surface area contributed by atoms with Crippen LogP contribution in [0, 0.1) is 5.82 Å². The number of nitrogens with two attached hydrogens (primary N) is 1. The lowest BCUT2D eigenvalue weighted by atomic mass is 10.0. The van der Waals surface area contributed by atoms with E-state index in [0.717, 1.165) is 11.3 Å². The molecule has 2 aromatic rings. The molecule has 0 aliphatic carbocycles. The van der Waals surface area contributed by atoms with Gasteiger partial charge in [-0.15, -0.1) is 0 Å². The zero-order chi connectivity index (χ0) is 13.1. The third-order valence-electron chi connectivity index (χ3n) is 2.74. The van der Waals surface area contributed by atoms with Crippen LogP contribution in [0.25, 0.3) is 11.1 Å². The maximum atomic E-state index is 13.4. The summed E-state index contributed by atoms with van der Waals surface area (Å²) in [5.41, 5.74) is 7.98. The van der Waals surface area contributed by atoms with Crippen LogP contribution in [0.5, 0.6) is 5.75 Å². The molecule has 2 rings (SSSR count). The molecule has 0 saturated carbocycles. The van der Waals surface area contributed by atoms with E-state index in [1.807, 2.05) is 13.2 Å². The average molecular weight is 249 g/mol. The fourth-order valence-electron chi connectivity index (χ4n) is 1.97. The van der Waals surface area contributed by atoms with Crippen LogP contribution in [-0.4, -0.2) is 23.4 Å². The summed E-state index contributed by atoms with van der Waals surface area (Å²) < 4.78 is 20.3. The number of hydrogen-bond acceptors (Lipinski definition) is 3. The summed E-state index contributed by atoms with van der Waals surface area (Å²) in [4.78, 5) is 0. The first-order chi connectivity index (χ1) is 8.65. The van der Waals surface area contributed by atoms with Crippen molar-refractivity contribution in [3.8, 4) is 16.9 Å². The Hall–Kier alpha value is -1.88. The number of aromatic nitrogens is 2. The molecule has 18 heavy (non-hydrogen) atoms. The highest BCUT2D eigenvalue weighted by Gasteiger charge is 2.14. The van der Waals surface area contributed by atoms with Crippen molar-refractivity contribution in [1.29, 1.82) is 0 Å². The minimum Gasteiger partial charge on any atom is -0.496 e. The van der Waals surface area contributed by atoms with Gasteiger partial charge < -0.3 is 10.5 Å². The number of hydrogen-bond donors (Lipinski definition) is 1. The van der Waals surface area contributed by atoms with Crippen molar-refractivity contribution in [2.24, 2.45) is 12.8 Å². The lowest BCUT2D eigenvalue weighted by Crippen LogP contribution is -2.04. The molecule has 1 aromatic carbocycles. The zero-order valence-electron chi connectivity index (χ0n) is 10.5. The molecule has 0 spiro atoms. The summed E-state index contributed by atoms with van der Waals surface area (Å²) in [5, 5.41) is 4.34. The van der Waals surface area contributed by atoms with E-state index in [4.69, 9.17) is 10.5 Å². The van der Waals surface area contributed by atoms with Crippen LogP contribution in [0.4, 0.5) is 4.39 Å². The first kappa shape index (κ1) is 12.6. The van der Waals surface area contributed by atoms with Gasteiger partial charge in [-0.25, -0.2) is 4.39 Å². The third kappa shape index (κ3) is 2.36. The summed E-state index contributed by atoms with van der Waals surface area (Å²) in [5.74, 6) is 0.330. The molecular weight excluding hydrogens is 233 g/mol. The van der Waals surface area contributed by atoms with E-state index in [1.54, 1.807) is 17.9 Å². The predicted molar refractivity (Wildman–Crippen MR) is 67.9 cm³/mol. The SMILES string of the molecule is COc1ccc(F)cc1-c1cn(C)nc1CCN. The van der Waals surface area contributed by atoms with E-state index >= 15 is 0 Å². The highest BCUT2D eigenvalue weighted by molar-refractivity contribution is 5.72. The molecule has 1 aromatic heterocycles. The Kier molecular flexibility index (Phi) is 3.62. The minimum absolute atomic E-state index is 0.298.